The maximum absolute atomic E-state index is 13.5. The lowest BCUT2D eigenvalue weighted by molar-refractivity contribution is -0.385. The van der Waals surface area contributed by atoms with Crippen molar-refractivity contribution in [1.82, 2.24) is 9.80 Å². The van der Waals surface area contributed by atoms with Gasteiger partial charge in [0.05, 0.1) is 30.7 Å². The van der Waals surface area contributed by atoms with E-state index in [1.54, 1.807) is 4.90 Å². The van der Waals surface area contributed by atoms with Crippen molar-refractivity contribution in [3.8, 4) is 11.5 Å². The molecule has 0 bridgehead atoms. The minimum atomic E-state index is -0.566. The van der Waals surface area contributed by atoms with Gasteiger partial charge in [-0.05, 0) is 12.6 Å². The molecule has 1 amide bonds. The first-order chi connectivity index (χ1) is 15.0. The lowest BCUT2D eigenvalue weighted by Crippen LogP contribution is -2.49. The molecule has 9 heteroatoms. The van der Waals surface area contributed by atoms with Crippen molar-refractivity contribution >= 4 is 11.6 Å². The quantitative estimate of drug-likeness (QED) is 0.362. The van der Waals surface area contributed by atoms with Crippen LogP contribution >= 0.6 is 0 Å². The number of nitrogens with zero attached hydrogens (tertiary/aromatic N) is 3. The van der Waals surface area contributed by atoms with Crippen LogP contribution in [0, 0.1) is 10.1 Å². The predicted molar refractivity (Wildman–Crippen MR) is 115 cm³/mol. The van der Waals surface area contributed by atoms with E-state index in [1.807, 2.05) is 37.4 Å². The summed E-state index contributed by atoms with van der Waals surface area (Å²) in [5.74, 6) is 0.0478. The van der Waals surface area contributed by atoms with E-state index < -0.39 is 10.8 Å². The number of nitro benzene ring substituents is 1. The summed E-state index contributed by atoms with van der Waals surface area (Å²) < 4.78 is 15.9. The van der Waals surface area contributed by atoms with Gasteiger partial charge >= 0.3 is 0 Å². The van der Waals surface area contributed by atoms with Gasteiger partial charge in [-0.25, -0.2) is 0 Å². The second-order valence-electron chi connectivity index (χ2n) is 7.31. The van der Waals surface area contributed by atoms with Gasteiger partial charge in [-0.3, -0.25) is 14.9 Å². The maximum Gasteiger partial charge on any atom is 0.286 e. The minimum Gasteiger partial charge on any atom is -0.493 e. The summed E-state index contributed by atoms with van der Waals surface area (Å²) in [7, 11) is 4.96. The summed E-state index contributed by atoms with van der Waals surface area (Å²) in [6, 6.07) is 12.1. The van der Waals surface area contributed by atoms with Gasteiger partial charge in [0.25, 0.3) is 11.6 Å². The fraction of sp³-hybridized carbons (Fsp3) is 0.409. The van der Waals surface area contributed by atoms with Crippen molar-refractivity contribution in [2.24, 2.45) is 0 Å². The topological polar surface area (TPSA) is 94.4 Å². The zero-order valence-corrected chi connectivity index (χ0v) is 17.9. The number of carbonyl (C=O) groups excluding carboxylic acids is 1. The molecular formula is C22H27N3O6. The fourth-order valence-electron chi connectivity index (χ4n) is 3.66. The molecule has 1 aliphatic rings. The predicted octanol–water partition coefficient (Wildman–Crippen LogP) is 2.76. The van der Waals surface area contributed by atoms with Gasteiger partial charge in [0, 0.05) is 32.8 Å². The molecule has 1 unspecified atom stereocenters. The van der Waals surface area contributed by atoms with E-state index in [4.69, 9.17) is 14.2 Å². The molecule has 0 aliphatic carbocycles. The van der Waals surface area contributed by atoms with Crippen molar-refractivity contribution in [2.45, 2.75) is 6.04 Å². The number of carbonyl (C=O) groups is 1. The zero-order valence-electron chi connectivity index (χ0n) is 17.9. The molecule has 0 N–H and O–H groups in total. The molecule has 31 heavy (non-hydrogen) atoms. The number of likely N-dealkylation sites (N-methyl/N-ethyl adjacent to an activating group) is 1. The van der Waals surface area contributed by atoms with Gasteiger partial charge in [-0.2, -0.15) is 0 Å². The van der Waals surface area contributed by atoms with Gasteiger partial charge < -0.3 is 24.0 Å². The number of piperazine rings is 1. The van der Waals surface area contributed by atoms with Crippen LogP contribution in [0.1, 0.15) is 22.0 Å². The highest BCUT2D eigenvalue weighted by molar-refractivity contribution is 5.99. The van der Waals surface area contributed by atoms with E-state index >= 15 is 0 Å². The Kier molecular flexibility index (Phi) is 7.43. The first-order valence-corrected chi connectivity index (χ1v) is 9.98. The van der Waals surface area contributed by atoms with Crippen LogP contribution in [0.25, 0.3) is 0 Å². The Bertz CT molecular complexity index is 921. The van der Waals surface area contributed by atoms with Crippen LogP contribution in [0.5, 0.6) is 11.5 Å². The molecule has 166 valence electrons. The normalized spacial score (nSPS) is 16.7. The maximum atomic E-state index is 13.5. The van der Waals surface area contributed by atoms with E-state index in [0.29, 0.717) is 26.2 Å². The van der Waals surface area contributed by atoms with Crippen LogP contribution < -0.4 is 9.47 Å². The lowest BCUT2D eigenvalue weighted by atomic mass is 10.0. The van der Waals surface area contributed by atoms with Crippen LogP contribution in [0.4, 0.5) is 5.69 Å². The fourth-order valence-corrected chi connectivity index (χ4v) is 3.66. The van der Waals surface area contributed by atoms with Crippen LogP contribution in [-0.4, -0.2) is 74.7 Å². The van der Waals surface area contributed by atoms with E-state index in [9.17, 15) is 14.9 Å². The average Bonchev–Trinajstić information content (AvgIpc) is 2.79. The largest absolute Gasteiger partial charge is 0.493 e. The van der Waals surface area contributed by atoms with Gasteiger partial charge in [-0.15, -0.1) is 0 Å². The monoisotopic (exact) mass is 429 g/mol. The van der Waals surface area contributed by atoms with Crippen molar-refractivity contribution in [3.63, 3.8) is 0 Å². The summed E-state index contributed by atoms with van der Waals surface area (Å²) in [6.07, 6.45) is 0. The summed E-state index contributed by atoms with van der Waals surface area (Å²) >= 11 is 0. The second-order valence-corrected chi connectivity index (χ2v) is 7.31. The van der Waals surface area contributed by atoms with Gasteiger partial charge in [0.2, 0.25) is 0 Å². The Morgan fingerprint density at radius 3 is 2.52 bits per heavy atom. The van der Waals surface area contributed by atoms with Gasteiger partial charge in [-0.1, -0.05) is 30.3 Å². The molecule has 0 aromatic heterocycles. The first kappa shape index (κ1) is 22.5. The summed E-state index contributed by atoms with van der Waals surface area (Å²) in [4.78, 5) is 28.6. The number of ether oxygens (including phenoxy) is 3. The first-order valence-electron chi connectivity index (χ1n) is 9.98. The Balaban J connectivity index is 1.99. The number of hydrogen-bond donors (Lipinski definition) is 0. The second kappa shape index (κ2) is 10.2. The van der Waals surface area contributed by atoms with Crippen molar-refractivity contribution in [2.75, 3.05) is 54.1 Å². The Morgan fingerprint density at radius 1 is 1.13 bits per heavy atom. The molecule has 2 aromatic carbocycles. The lowest BCUT2D eigenvalue weighted by Gasteiger charge is -2.40. The standard InChI is InChI=1S/C22H27N3O6/c1-23-9-10-24(19(15-23)16-7-5-4-6-8-16)22(26)17-13-20(30-3)21(31-12-11-29-2)14-18(17)25(27)28/h4-8,13-14,19H,9-12,15H2,1-3H3. The molecule has 1 fully saturated rings. The summed E-state index contributed by atoms with van der Waals surface area (Å²) in [5, 5.41) is 11.8. The minimum absolute atomic E-state index is 0.0218. The third-order valence-corrected chi connectivity index (χ3v) is 5.28. The molecule has 3 rings (SSSR count). The van der Waals surface area contributed by atoms with Crippen molar-refractivity contribution < 1.29 is 23.9 Å². The highest BCUT2D eigenvalue weighted by Gasteiger charge is 2.35. The highest BCUT2D eigenvalue weighted by atomic mass is 16.6. The Labute approximate surface area is 181 Å². The molecule has 0 spiro atoms. The third kappa shape index (κ3) is 5.12. The van der Waals surface area contributed by atoms with E-state index in [0.717, 1.165) is 5.56 Å². The number of rotatable bonds is 8. The number of benzene rings is 2. The molecule has 2 aromatic rings. The van der Waals surface area contributed by atoms with Crippen LogP contribution in [0.2, 0.25) is 0 Å². The van der Waals surface area contributed by atoms with Crippen molar-refractivity contribution in [1.29, 1.82) is 0 Å². The van der Waals surface area contributed by atoms with Crippen LogP contribution in [0.3, 0.4) is 0 Å². The smallest absolute Gasteiger partial charge is 0.286 e. The molecule has 0 saturated carbocycles. The van der Waals surface area contributed by atoms with Crippen molar-refractivity contribution in [3.05, 3.63) is 63.7 Å². The van der Waals surface area contributed by atoms with Crippen LogP contribution in [-0.2, 0) is 4.74 Å². The zero-order chi connectivity index (χ0) is 22.4. The summed E-state index contributed by atoms with van der Waals surface area (Å²) in [6.45, 7) is 2.29. The Hall–Kier alpha value is -3.17. The molecule has 0 radical (unpaired) electrons. The van der Waals surface area contributed by atoms with Gasteiger partial charge in [0.1, 0.15) is 12.2 Å². The summed E-state index contributed by atoms with van der Waals surface area (Å²) in [5.41, 5.74) is 0.645. The molecule has 1 heterocycles. The van der Waals surface area contributed by atoms with Crippen LogP contribution in [0.15, 0.2) is 42.5 Å². The molecular weight excluding hydrogens is 402 g/mol. The molecule has 9 nitrogen and oxygen atoms in total. The third-order valence-electron chi connectivity index (χ3n) is 5.28. The van der Waals surface area contributed by atoms with E-state index in [-0.39, 0.29) is 35.4 Å². The average molecular weight is 429 g/mol. The van der Waals surface area contributed by atoms with E-state index in [2.05, 4.69) is 4.90 Å². The Morgan fingerprint density at radius 2 is 1.87 bits per heavy atom. The molecule has 1 saturated heterocycles. The van der Waals surface area contributed by atoms with E-state index in [1.165, 1.54) is 26.4 Å². The SMILES string of the molecule is COCCOc1cc([N+](=O)[O-])c(C(=O)N2CCN(C)CC2c2ccccc2)cc1OC. The molecule has 1 atom stereocenters. The van der Waals surface area contributed by atoms with Gasteiger partial charge in [0.15, 0.2) is 11.5 Å². The molecule has 1 aliphatic heterocycles. The highest BCUT2D eigenvalue weighted by Crippen LogP contribution is 2.37. The number of hydrogen-bond acceptors (Lipinski definition) is 7. The number of nitro groups is 1. The number of amides is 1. The number of methoxy groups -OCH3 is 2.